The minimum absolute atomic E-state index is 0.0779. The zero-order valence-corrected chi connectivity index (χ0v) is 13.1. The van der Waals surface area contributed by atoms with Crippen molar-refractivity contribution >= 4 is 34.4 Å². The van der Waals surface area contributed by atoms with Gasteiger partial charge in [-0.05, 0) is 5.92 Å². The number of nitrogens with zero attached hydrogens (tertiary/aromatic N) is 1. The largest absolute Gasteiger partial charge is 0.447 e. The maximum absolute atomic E-state index is 12.0. The second kappa shape index (κ2) is 8.13. The van der Waals surface area contributed by atoms with E-state index in [-0.39, 0.29) is 11.6 Å². The Hall–Kier alpha value is -2.42. The molecule has 0 aromatic carbocycles. The van der Waals surface area contributed by atoms with Crippen molar-refractivity contribution in [1.29, 1.82) is 0 Å². The second-order valence-corrected chi connectivity index (χ2v) is 5.49. The van der Waals surface area contributed by atoms with E-state index in [1.807, 2.05) is 5.32 Å². The van der Waals surface area contributed by atoms with E-state index in [4.69, 9.17) is 10.5 Å². The van der Waals surface area contributed by atoms with E-state index in [1.54, 1.807) is 19.9 Å². The van der Waals surface area contributed by atoms with Gasteiger partial charge in [0, 0.05) is 11.9 Å². The highest BCUT2D eigenvalue weighted by Crippen LogP contribution is 2.17. The molecular formula is C13H18N4O4S. The average molecular weight is 326 g/mol. The molecule has 3 amide bonds. The van der Waals surface area contributed by atoms with Gasteiger partial charge in [0.2, 0.25) is 0 Å². The molecule has 0 aliphatic heterocycles. The van der Waals surface area contributed by atoms with Gasteiger partial charge in [0.15, 0.2) is 16.9 Å². The molecule has 9 heteroatoms. The van der Waals surface area contributed by atoms with Crippen molar-refractivity contribution in [2.45, 2.75) is 20.0 Å². The number of thiazole rings is 1. The summed E-state index contributed by atoms with van der Waals surface area (Å²) in [5.74, 6) is -1.85. The third-order valence-corrected chi connectivity index (χ3v) is 3.26. The van der Waals surface area contributed by atoms with E-state index >= 15 is 0 Å². The molecule has 0 spiro atoms. The lowest BCUT2D eigenvalue weighted by molar-refractivity contribution is -0.130. The summed E-state index contributed by atoms with van der Waals surface area (Å²) < 4.78 is 5.12. The van der Waals surface area contributed by atoms with E-state index in [0.717, 1.165) is 0 Å². The molecule has 1 aromatic rings. The smallest absolute Gasteiger partial charge is 0.358 e. The van der Waals surface area contributed by atoms with Gasteiger partial charge in [-0.1, -0.05) is 19.9 Å². The summed E-state index contributed by atoms with van der Waals surface area (Å²) in [6.45, 7) is 7.43. The van der Waals surface area contributed by atoms with Crippen LogP contribution in [-0.2, 0) is 9.53 Å². The predicted molar refractivity (Wildman–Crippen MR) is 82.6 cm³/mol. The molecule has 0 saturated heterocycles. The van der Waals surface area contributed by atoms with Crippen molar-refractivity contribution in [3.8, 4) is 0 Å². The number of rotatable bonds is 7. The molecule has 0 fully saturated rings. The normalized spacial score (nSPS) is 11.6. The monoisotopic (exact) mass is 326 g/mol. The van der Waals surface area contributed by atoms with E-state index in [0.29, 0.717) is 11.7 Å². The predicted octanol–water partition coefficient (Wildman–Crippen LogP) is 1.12. The highest BCUT2D eigenvalue weighted by atomic mass is 32.1. The van der Waals surface area contributed by atoms with Crippen LogP contribution in [0.4, 0.5) is 9.93 Å². The zero-order valence-electron chi connectivity index (χ0n) is 12.3. The Balaban J connectivity index is 2.74. The van der Waals surface area contributed by atoms with Crippen LogP contribution in [0.2, 0.25) is 0 Å². The van der Waals surface area contributed by atoms with Crippen molar-refractivity contribution in [2.24, 2.45) is 11.7 Å². The number of nitrogens with two attached hydrogens (primary N) is 1. The second-order valence-electron chi connectivity index (χ2n) is 4.63. The number of hydrogen-bond acceptors (Lipinski definition) is 7. The lowest BCUT2D eigenvalue weighted by Gasteiger charge is -2.19. The number of aromatic nitrogens is 1. The Kier molecular flexibility index (Phi) is 6.51. The van der Waals surface area contributed by atoms with Crippen LogP contribution in [0.1, 0.15) is 24.3 Å². The molecule has 0 saturated carbocycles. The molecule has 1 aromatic heterocycles. The number of anilines is 1. The first-order valence-electron chi connectivity index (χ1n) is 6.46. The molecule has 0 aliphatic carbocycles. The summed E-state index contributed by atoms with van der Waals surface area (Å²) in [4.78, 5) is 38.6. The van der Waals surface area contributed by atoms with Crippen molar-refractivity contribution in [2.75, 3.05) is 11.9 Å². The fraction of sp³-hybridized carbons (Fsp3) is 0.385. The Bertz CT molecular complexity index is 570. The van der Waals surface area contributed by atoms with Crippen LogP contribution in [0, 0.1) is 5.92 Å². The molecule has 120 valence electrons. The third-order valence-electron chi connectivity index (χ3n) is 2.46. The first-order valence-corrected chi connectivity index (χ1v) is 7.34. The number of hydrogen-bond donors (Lipinski definition) is 3. The van der Waals surface area contributed by atoms with E-state index < -0.39 is 24.0 Å². The van der Waals surface area contributed by atoms with Gasteiger partial charge in [0.1, 0.15) is 0 Å². The van der Waals surface area contributed by atoms with Gasteiger partial charge in [0.25, 0.3) is 5.91 Å². The average Bonchev–Trinajstić information content (AvgIpc) is 2.89. The topological polar surface area (TPSA) is 123 Å². The van der Waals surface area contributed by atoms with Gasteiger partial charge in [0.05, 0.1) is 0 Å². The lowest BCUT2D eigenvalue weighted by atomic mass is 10.1. The van der Waals surface area contributed by atoms with Crippen LogP contribution >= 0.6 is 11.3 Å². The summed E-state index contributed by atoms with van der Waals surface area (Å²) >= 11 is 1.23. The number of carbonyl (C=O) groups excluding carboxylic acids is 3. The molecular weight excluding hydrogens is 308 g/mol. The minimum Gasteiger partial charge on any atom is -0.447 e. The number of urea groups is 1. The summed E-state index contributed by atoms with van der Waals surface area (Å²) in [6.07, 6.45) is 0.522. The van der Waals surface area contributed by atoms with Crippen molar-refractivity contribution in [3.05, 3.63) is 23.7 Å². The standard InChI is InChI=1S/C13H18N4O4S/c1-4-5-15-13-16-8(6-22-13)11(19)21-9(7(2)3)10(18)17-12(14)20/h4,6-7,9H,1,5H2,2-3H3,(H,15,16)(H3,14,17,18,20)/t9-/m1/s1. The van der Waals surface area contributed by atoms with Gasteiger partial charge in [-0.3, -0.25) is 10.1 Å². The zero-order chi connectivity index (χ0) is 16.7. The maximum Gasteiger partial charge on any atom is 0.358 e. The molecule has 8 nitrogen and oxygen atoms in total. The number of amides is 3. The first kappa shape index (κ1) is 17.6. The highest BCUT2D eigenvalue weighted by Gasteiger charge is 2.28. The van der Waals surface area contributed by atoms with Crippen molar-refractivity contribution < 1.29 is 19.1 Å². The lowest BCUT2D eigenvalue weighted by Crippen LogP contribution is -2.45. The molecule has 0 radical (unpaired) electrons. The fourth-order valence-electron chi connectivity index (χ4n) is 1.47. The Morgan fingerprint density at radius 3 is 2.73 bits per heavy atom. The SMILES string of the molecule is C=CCNc1nc(C(=O)O[C@@H](C(=O)NC(N)=O)C(C)C)cs1. The molecule has 0 bridgehead atoms. The molecule has 1 rings (SSSR count). The van der Waals surface area contributed by atoms with Crippen LogP contribution in [0.5, 0.6) is 0 Å². The number of imide groups is 1. The number of carbonyl (C=O) groups is 3. The Morgan fingerprint density at radius 2 is 2.18 bits per heavy atom. The third kappa shape index (κ3) is 5.17. The van der Waals surface area contributed by atoms with Crippen LogP contribution in [0.3, 0.4) is 0 Å². The maximum atomic E-state index is 12.0. The van der Waals surface area contributed by atoms with Crippen LogP contribution < -0.4 is 16.4 Å². The van der Waals surface area contributed by atoms with Crippen molar-refractivity contribution in [3.63, 3.8) is 0 Å². The number of ether oxygens (including phenoxy) is 1. The van der Waals surface area contributed by atoms with Gasteiger partial charge in [-0.2, -0.15) is 0 Å². The summed E-state index contributed by atoms with van der Waals surface area (Å²) in [6, 6.07) is -1.00. The summed E-state index contributed by atoms with van der Waals surface area (Å²) in [5.41, 5.74) is 4.96. The Morgan fingerprint density at radius 1 is 1.50 bits per heavy atom. The molecule has 0 unspecified atom stereocenters. The van der Waals surface area contributed by atoms with Crippen LogP contribution in [0.15, 0.2) is 18.0 Å². The van der Waals surface area contributed by atoms with Crippen LogP contribution in [-0.4, -0.2) is 35.5 Å². The molecule has 4 N–H and O–H groups in total. The number of nitrogens with one attached hydrogen (secondary N) is 2. The highest BCUT2D eigenvalue weighted by molar-refractivity contribution is 7.13. The summed E-state index contributed by atoms with van der Waals surface area (Å²) in [5, 5.41) is 6.88. The number of esters is 1. The van der Waals surface area contributed by atoms with E-state index in [2.05, 4.69) is 16.9 Å². The van der Waals surface area contributed by atoms with Crippen LogP contribution in [0.25, 0.3) is 0 Å². The quantitative estimate of drug-likeness (QED) is 0.509. The van der Waals surface area contributed by atoms with Gasteiger partial charge in [-0.25, -0.2) is 14.6 Å². The number of primary amides is 1. The molecule has 0 aliphatic rings. The van der Waals surface area contributed by atoms with E-state index in [9.17, 15) is 14.4 Å². The molecule has 22 heavy (non-hydrogen) atoms. The van der Waals surface area contributed by atoms with Gasteiger partial charge < -0.3 is 15.8 Å². The van der Waals surface area contributed by atoms with Crippen molar-refractivity contribution in [1.82, 2.24) is 10.3 Å². The summed E-state index contributed by atoms with van der Waals surface area (Å²) in [7, 11) is 0. The fourth-order valence-corrected chi connectivity index (χ4v) is 2.16. The minimum atomic E-state index is -1.13. The first-order chi connectivity index (χ1) is 10.3. The van der Waals surface area contributed by atoms with Gasteiger partial charge in [-0.15, -0.1) is 17.9 Å². The molecule has 1 heterocycles. The van der Waals surface area contributed by atoms with Gasteiger partial charge >= 0.3 is 12.0 Å². The van der Waals surface area contributed by atoms with E-state index in [1.165, 1.54) is 16.7 Å². The molecule has 1 atom stereocenters. The Labute approximate surface area is 131 Å².